The summed E-state index contributed by atoms with van der Waals surface area (Å²) >= 11 is 5.36. The number of rotatable bonds is 2. The fraction of sp³-hybridized carbons (Fsp3) is 0.750. The first-order valence-electron chi connectivity index (χ1n) is 3.68. The molecule has 0 saturated carbocycles. The highest BCUT2D eigenvalue weighted by Crippen LogP contribution is 2.08. The topological polar surface area (TPSA) is 18.5 Å². The van der Waals surface area contributed by atoms with E-state index in [1.165, 1.54) is 0 Å². The van der Waals surface area contributed by atoms with Gasteiger partial charge in [-0.1, -0.05) is 5.92 Å². The van der Waals surface area contributed by atoms with Crippen molar-refractivity contribution in [3.05, 3.63) is 0 Å². The van der Waals surface area contributed by atoms with Crippen LogP contribution in [0.2, 0.25) is 0 Å². The lowest BCUT2D eigenvalue weighted by atomic mass is 10.3. The molecule has 0 amide bonds. The monoisotopic (exact) mass is 174 g/mol. The zero-order valence-electron chi connectivity index (χ0n) is 6.31. The molecular formula is C8H11ClO2. The summed E-state index contributed by atoms with van der Waals surface area (Å²) < 4.78 is 10.4. The molecule has 11 heavy (non-hydrogen) atoms. The molecule has 0 radical (unpaired) electrons. The van der Waals surface area contributed by atoms with Crippen LogP contribution in [0.25, 0.3) is 0 Å². The summed E-state index contributed by atoms with van der Waals surface area (Å²) in [6.45, 7) is 1.43. The van der Waals surface area contributed by atoms with Crippen LogP contribution in [0.3, 0.4) is 0 Å². The van der Waals surface area contributed by atoms with E-state index >= 15 is 0 Å². The van der Waals surface area contributed by atoms with E-state index in [1.807, 2.05) is 0 Å². The van der Waals surface area contributed by atoms with E-state index in [2.05, 4.69) is 11.8 Å². The molecule has 0 aromatic carbocycles. The summed E-state index contributed by atoms with van der Waals surface area (Å²) in [6.07, 6.45) is 1.63. The molecule has 1 aliphatic rings. The molecule has 1 rings (SSSR count). The van der Waals surface area contributed by atoms with Gasteiger partial charge >= 0.3 is 0 Å². The Morgan fingerprint density at radius 3 is 2.64 bits per heavy atom. The van der Waals surface area contributed by atoms with Crippen LogP contribution in [0.15, 0.2) is 0 Å². The lowest BCUT2D eigenvalue weighted by molar-refractivity contribution is -0.0453. The van der Waals surface area contributed by atoms with Gasteiger partial charge in [0.15, 0.2) is 6.29 Å². The van der Waals surface area contributed by atoms with Gasteiger partial charge in [-0.05, 0) is 0 Å². The maximum Gasteiger partial charge on any atom is 0.158 e. The first-order valence-corrected chi connectivity index (χ1v) is 4.22. The lowest BCUT2D eigenvalue weighted by Gasteiger charge is -2.04. The molecule has 0 aliphatic carbocycles. The van der Waals surface area contributed by atoms with E-state index in [9.17, 15) is 0 Å². The third kappa shape index (κ3) is 3.62. The van der Waals surface area contributed by atoms with E-state index in [4.69, 9.17) is 21.1 Å². The molecular weight excluding hydrogens is 164 g/mol. The van der Waals surface area contributed by atoms with Crippen LogP contribution in [-0.2, 0) is 9.47 Å². The van der Waals surface area contributed by atoms with Gasteiger partial charge in [0.05, 0.1) is 19.1 Å². The number of hydrogen-bond acceptors (Lipinski definition) is 2. The molecule has 1 fully saturated rings. The Labute approximate surface area is 71.8 Å². The minimum absolute atomic E-state index is 0.0281. The fourth-order valence-corrected chi connectivity index (χ4v) is 0.994. The van der Waals surface area contributed by atoms with Crippen molar-refractivity contribution in [2.45, 2.75) is 19.1 Å². The zero-order chi connectivity index (χ0) is 7.94. The second kappa shape index (κ2) is 5.42. The summed E-state index contributed by atoms with van der Waals surface area (Å²) in [5.41, 5.74) is 0. The maximum absolute atomic E-state index is 5.36. The van der Waals surface area contributed by atoms with Crippen LogP contribution >= 0.6 is 11.6 Å². The van der Waals surface area contributed by atoms with Gasteiger partial charge in [0, 0.05) is 12.8 Å². The molecule has 0 atom stereocenters. The Bertz CT molecular complexity index is 153. The first-order chi connectivity index (χ1) is 5.43. The Kier molecular flexibility index (Phi) is 4.37. The van der Waals surface area contributed by atoms with Crippen molar-refractivity contribution < 1.29 is 9.47 Å². The number of halogens is 1. The Hall–Kier alpha value is -0.230. The molecule has 1 saturated heterocycles. The number of alkyl halides is 1. The van der Waals surface area contributed by atoms with Gasteiger partial charge in [-0.3, -0.25) is 0 Å². The van der Waals surface area contributed by atoms with Crippen LogP contribution in [0.5, 0.6) is 0 Å². The first kappa shape index (κ1) is 8.86. The molecule has 0 spiro atoms. The molecule has 2 nitrogen and oxygen atoms in total. The highest BCUT2D eigenvalue weighted by molar-refractivity contribution is 6.19. The number of ether oxygens (including phenoxy) is 2. The molecule has 0 unspecified atom stereocenters. The summed E-state index contributed by atoms with van der Waals surface area (Å²) in [5.74, 6) is 6.11. The van der Waals surface area contributed by atoms with Crippen molar-refractivity contribution in [3.8, 4) is 11.8 Å². The molecule has 0 N–H and O–H groups in total. The Balaban J connectivity index is 2.02. The predicted molar refractivity (Wildman–Crippen MR) is 43.4 cm³/mol. The van der Waals surface area contributed by atoms with Crippen LogP contribution in [0.4, 0.5) is 0 Å². The lowest BCUT2D eigenvalue weighted by Crippen LogP contribution is -2.05. The minimum atomic E-state index is -0.0281. The van der Waals surface area contributed by atoms with Gasteiger partial charge < -0.3 is 9.47 Å². The summed E-state index contributed by atoms with van der Waals surface area (Å²) in [5, 5.41) is 0. The van der Waals surface area contributed by atoms with Crippen molar-refractivity contribution in [1.29, 1.82) is 0 Å². The molecule has 62 valence electrons. The summed E-state index contributed by atoms with van der Waals surface area (Å²) in [6, 6.07) is 0. The van der Waals surface area contributed by atoms with Gasteiger partial charge in [-0.2, -0.15) is 0 Å². The van der Waals surface area contributed by atoms with Crippen LogP contribution in [0.1, 0.15) is 12.8 Å². The number of hydrogen-bond donors (Lipinski definition) is 0. The molecule has 1 heterocycles. The van der Waals surface area contributed by atoms with Crippen LogP contribution in [0, 0.1) is 11.8 Å². The molecule has 0 aromatic rings. The van der Waals surface area contributed by atoms with Gasteiger partial charge in [-0.15, -0.1) is 17.5 Å². The third-order valence-electron chi connectivity index (χ3n) is 1.39. The van der Waals surface area contributed by atoms with E-state index in [-0.39, 0.29) is 6.29 Å². The normalized spacial score (nSPS) is 17.9. The predicted octanol–water partition coefficient (Wildman–Crippen LogP) is 1.38. The fourth-order valence-electron chi connectivity index (χ4n) is 0.900. The average molecular weight is 175 g/mol. The highest BCUT2D eigenvalue weighted by Gasteiger charge is 2.13. The molecule has 1 aliphatic heterocycles. The van der Waals surface area contributed by atoms with E-state index < -0.39 is 0 Å². The second-order valence-corrected chi connectivity index (χ2v) is 2.46. The Morgan fingerprint density at radius 1 is 1.27 bits per heavy atom. The van der Waals surface area contributed by atoms with E-state index in [0.717, 1.165) is 12.8 Å². The standard InChI is InChI=1S/C8H11ClO2/c9-5-3-1-2-4-8-10-6-7-11-8/h8H,2,4-7H2. The quantitative estimate of drug-likeness (QED) is 0.465. The third-order valence-corrected chi connectivity index (χ3v) is 1.52. The van der Waals surface area contributed by atoms with Gasteiger partial charge in [0.1, 0.15) is 0 Å². The molecule has 0 aromatic heterocycles. The van der Waals surface area contributed by atoms with Crippen molar-refractivity contribution in [2.75, 3.05) is 19.1 Å². The van der Waals surface area contributed by atoms with Gasteiger partial charge in [0.25, 0.3) is 0 Å². The largest absolute Gasteiger partial charge is 0.350 e. The van der Waals surface area contributed by atoms with Crippen molar-refractivity contribution >= 4 is 11.6 Å². The molecule has 0 bridgehead atoms. The summed E-state index contributed by atoms with van der Waals surface area (Å²) in [7, 11) is 0. The molecule has 3 heteroatoms. The summed E-state index contributed by atoms with van der Waals surface area (Å²) in [4.78, 5) is 0. The van der Waals surface area contributed by atoms with E-state index in [0.29, 0.717) is 19.1 Å². The minimum Gasteiger partial charge on any atom is -0.350 e. The maximum atomic E-state index is 5.36. The SMILES string of the molecule is ClCC#CCCC1OCCO1. The van der Waals surface area contributed by atoms with Gasteiger partial charge in [-0.25, -0.2) is 0 Å². The zero-order valence-corrected chi connectivity index (χ0v) is 7.06. The van der Waals surface area contributed by atoms with Crippen molar-refractivity contribution in [3.63, 3.8) is 0 Å². The van der Waals surface area contributed by atoms with E-state index in [1.54, 1.807) is 0 Å². The second-order valence-electron chi connectivity index (χ2n) is 2.20. The highest BCUT2D eigenvalue weighted by atomic mass is 35.5. The smallest absolute Gasteiger partial charge is 0.158 e. The van der Waals surface area contributed by atoms with Gasteiger partial charge in [0.2, 0.25) is 0 Å². The van der Waals surface area contributed by atoms with Crippen molar-refractivity contribution in [1.82, 2.24) is 0 Å². The van der Waals surface area contributed by atoms with Crippen LogP contribution < -0.4 is 0 Å². The average Bonchev–Trinajstić information content (AvgIpc) is 2.50. The Morgan fingerprint density at radius 2 is 2.00 bits per heavy atom. The van der Waals surface area contributed by atoms with Crippen LogP contribution in [-0.4, -0.2) is 25.4 Å². The van der Waals surface area contributed by atoms with Crippen molar-refractivity contribution in [2.24, 2.45) is 0 Å².